The molecule has 0 radical (unpaired) electrons. The van der Waals surface area contributed by atoms with Crippen molar-refractivity contribution in [3.63, 3.8) is 0 Å². The molecule has 0 aliphatic heterocycles. The number of esters is 2. The monoisotopic (exact) mass is 874 g/mol. The molecule has 58 heavy (non-hydrogen) atoms. The molecule has 0 bridgehead atoms. The quantitative estimate of drug-likeness (QED) is 0.0167. The summed E-state index contributed by atoms with van der Waals surface area (Å²) in [5.41, 5.74) is 0. The fraction of sp³-hybridized carbons (Fsp3) is 0.902. The molecule has 0 aromatic carbocycles. The smallest absolute Gasteiger partial charge is 0.462 e. The van der Waals surface area contributed by atoms with Gasteiger partial charge in [0.15, 0.2) is 6.10 Å². The fourth-order valence-electron chi connectivity index (χ4n) is 5.79. The van der Waals surface area contributed by atoms with E-state index < -0.39 is 85.5 Å². The van der Waals surface area contributed by atoms with Gasteiger partial charge in [-0.25, -0.2) is 9.13 Å². The lowest BCUT2D eigenvalue weighted by molar-refractivity contribution is -0.161. The molecule has 0 aliphatic rings. The molecule has 5 N–H and O–H groups in total. The SMILES string of the molecule is CCCCCC/C=C\CCCCCCCC(=O)O[C@H](COC(=O)CCCCCCCCCCCCCCC)COP(=O)(O)OC[C@H](O)COP(=O)(O)OC[C@@H](O)CO. The first kappa shape index (κ1) is 56.8. The molecule has 15 nitrogen and oxygen atoms in total. The second-order valence-corrected chi connectivity index (χ2v) is 17.9. The molecule has 0 fully saturated rings. The van der Waals surface area contributed by atoms with Gasteiger partial charge in [0, 0.05) is 12.8 Å². The lowest BCUT2D eigenvalue weighted by Gasteiger charge is -2.21. The highest BCUT2D eigenvalue weighted by Gasteiger charge is 2.29. The zero-order valence-electron chi connectivity index (χ0n) is 35.7. The minimum absolute atomic E-state index is 0.109. The maximum Gasteiger partial charge on any atom is 0.472 e. The summed E-state index contributed by atoms with van der Waals surface area (Å²) in [6.07, 6.45) is 27.5. The number of allylic oxidation sites excluding steroid dienone is 2. The van der Waals surface area contributed by atoms with Crippen LogP contribution in [0.4, 0.5) is 0 Å². The maximum absolute atomic E-state index is 12.7. The van der Waals surface area contributed by atoms with Crippen LogP contribution in [0.3, 0.4) is 0 Å². The van der Waals surface area contributed by atoms with Crippen molar-refractivity contribution in [3.05, 3.63) is 12.2 Å². The molecule has 0 spiro atoms. The Bertz CT molecular complexity index is 1110. The van der Waals surface area contributed by atoms with Gasteiger partial charge in [0.1, 0.15) is 18.8 Å². The zero-order chi connectivity index (χ0) is 43.2. The molecule has 0 amide bonds. The van der Waals surface area contributed by atoms with Gasteiger partial charge in [-0.2, -0.15) is 0 Å². The van der Waals surface area contributed by atoms with E-state index in [9.17, 15) is 38.7 Å². The summed E-state index contributed by atoms with van der Waals surface area (Å²) in [5, 5.41) is 28.0. The number of aliphatic hydroxyl groups excluding tert-OH is 3. The van der Waals surface area contributed by atoms with Crippen molar-refractivity contribution in [2.75, 3.05) is 39.6 Å². The average molecular weight is 875 g/mol. The molecule has 0 aromatic rings. The molecular formula is C41H80O15P2. The first-order valence-corrected chi connectivity index (χ1v) is 25.0. The number of hydrogen-bond donors (Lipinski definition) is 5. The fourth-order valence-corrected chi connectivity index (χ4v) is 7.37. The largest absolute Gasteiger partial charge is 0.472 e. The number of phosphoric acid groups is 2. The number of hydrogen-bond acceptors (Lipinski definition) is 13. The third kappa shape index (κ3) is 38.9. The third-order valence-electron chi connectivity index (χ3n) is 9.28. The highest BCUT2D eigenvalue weighted by Crippen LogP contribution is 2.45. The van der Waals surface area contributed by atoms with Crippen molar-refractivity contribution >= 4 is 27.6 Å². The van der Waals surface area contributed by atoms with Crippen LogP contribution < -0.4 is 0 Å². The Balaban J connectivity index is 4.71. The van der Waals surface area contributed by atoms with Crippen molar-refractivity contribution < 1.29 is 71.4 Å². The van der Waals surface area contributed by atoms with Crippen LogP contribution in [0, 0.1) is 0 Å². The van der Waals surface area contributed by atoms with E-state index in [2.05, 4.69) is 35.0 Å². The minimum atomic E-state index is -4.86. The number of rotatable bonds is 43. The van der Waals surface area contributed by atoms with Gasteiger partial charge in [-0.05, 0) is 38.5 Å². The summed E-state index contributed by atoms with van der Waals surface area (Å²) >= 11 is 0. The predicted molar refractivity (Wildman–Crippen MR) is 224 cm³/mol. The van der Waals surface area contributed by atoms with Crippen LogP contribution in [0.25, 0.3) is 0 Å². The molecule has 344 valence electrons. The number of aliphatic hydroxyl groups is 3. The minimum Gasteiger partial charge on any atom is -0.462 e. The van der Waals surface area contributed by atoms with Crippen molar-refractivity contribution in [1.82, 2.24) is 0 Å². The third-order valence-corrected chi connectivity index (χ3v) is 11.2. The van der Waals surface area contributed by atoms with Crippen molar-refractivity contribution in [2.45, 2.75) is 199 Å². The van der Waals surface area contributed by atoms with Crippen LogP contribution >= 0.6 is 15.6 Å². The summed E-state index contributed by atoms with van der Waals surface area (Å²) in [7, 11) is -9.58. The van der Waals surface area contributed by atoms with E-state index in [1.54, 1.807) is 0 Å². The van der Waals surface area contributed by atoms with Crippen molar-refractivity contribution in [1.29, 1.82) is 0 Å². The van der Waals surface area contributed by atoms with Gasteiger partial charge in [-0.15, -0.1) is 0 Å². The Morgan fingerprint density at radius 3 is 1.31 bits per heavy atom. The van der Waals surface area contributed by atoms with E-state index in [4.69, 9.17) is 23.6 Å². The second kappa shape index (κ2) is 38.7. The van der Waals surface area contributed by atoms with Crippen LogP contribution in [-0.4, -0.2) is 95.0 Å². The molecule has 0 aromatic heterocycles. The topological polar surface area (TPSA) is 225 Å². The van der Waals surface area contributed by atoms with Gasteiger partial charge in [0.05, 0.1) is 33.0 Å². The summed E-state index contributed by atoms with van der Waals surface area (Å²) in [6.45, 7) is 0.228. The predicted octanol–water partition coefficient (Wildman–Crippen LogP) is 9.16. The van der Waals surface area contributed by atoms with E-state index in [1.165, 1.54) is 83.5 Å². The highest BCUT2D eigenvalue weighted by atomic mass is 31.2. The Morgan fingerprint density at radius 2 is 0.862 bits per heavy atom. The lowest BCUT2D eigenvalue weighted by Crippen LogP contribution is -2.30. The number of unbranched alkanes of at least 4 members (excludes halogenated alkanes) is 21. The van der Waals surface area contributed by atoms with Crippen LogP contribution in [0.1, 0.15) is 181 Å². The van der Waals surface area contributed by atoms with Crippen molar-refractivity contribution in [2.24, 2.45) is 0 Å². The lowest BCUT2D eigenvalue weighted by atomic mass is 10.0. The van der Waals surface area contributed by atoms with Gasteiger partial charge >= 0.3 is 27.6 Å². The van der Waals surface area contributed by atoms with Crippen LogP contribution in [0.2, 0.25) is 0 Å². The average Bonchev–Trinajstić information content (AvgIpc) is 3.20. The van der Waals surface area contributed by atoms with Gasteiger partial charge < -0.3 is 34.6 Å². The van der Waals surface area contributed by atoms with E-state index in [0.717, 1.165) is 57.8 Å². The van der Waals surface area contributed by atoms with E-state index in [-0.39, 0.29) is 12.8 Å². The Hall–Kier alpha value is -1.22. The van der Waals surface area contributed by atoms with E-state index in [0.29, 0.717) is 12.8 Å². The normalized spacial score (nSPS) is 15.5. The zero-order valence-corrected chi connectivity index (χ0v) is 37.5. The molecular weight excluding hydrogens is 794 g/mol. The second-order valence-electron chi connectivity index (χ2n) is 15.0. The van der Waals surface area contributed by atoms with Crippen LogP contribution in [-0.2, 0) is 46.3 Å². The summed E-state index contributed by atoms with van der Waals surface area (Å²) in [4.78, 5) is 44.9. The maximum atomic E-state index is 12.7. The number of carbonyl (C=O) groups excluding carboxylic acids is 2. The summed E-state index contributed by atoms with van der Waals surface area (Å²) < 4.78 is 53.9. The van der Waals surface area contributed by atoms with Crippen molar-refractivity contribution in [3.8, 4) is 0 Å². The van der Waals surface area contributed by atoms with E-state index in [1.807, 2.05) is 0 Å². The van der Waals surface area contributed by atoms with E-state index >= 15 is 0 Å². The first-order valence-electron chi connectivity index (χ1n) is 22.0. The highest BCUT2D eigenvalue weighted by molar-refractivity contribution is 7.47. The number of ether oxygens (including phenoxy) is 2. The van der Waals surface area contributed by atoms with Gasteiger partial charge in [0.25, 0.3) is 0 Å². The first-order chi connectivity index (χ1) is 27.8. The van der Waals surface area contributed by atoms with Crippen LogP contribution in [0.15, 0.2) is 12.2 Å². The molecule has 0 aliphatic carbocycles. The van der Waals surface area contributed by atoms with Gasteiger partial charge in [0.2, 0.25) is 0 Å². The van der Waals surface area contributed by atoms with Gasteiger partial charge in [-0.3, -0.25) is 27.7 Å². The Labute approximate surface area is 349 Å². The molecule has 0 saturated heterocycles. The Morgan fingerprint density at radius 1 is 0.500 bits per heavy atom. The molecule has 5 atom stereocenters. The van der Waals surface area contributed by atoms with Crippen LogP contribution in [0.5, 0.6) is 0 Å². The Kier molecular flexibility index (Phi) is 37.9. The molecule has 2 unspecified atom stereocenters. The molecule has 0 heterocycles. The number of phosphoric ester groups is 2. The molecule has 0 saturated carbocycles. The molecule has 0 rings (SSSR count). The number of carbonyl (C=O) groups is 2. The molecule has 17 heteroatoms. The summed E-state index contributed by atoms with van der Waals surface area (Å²) in [6, 6.07) is 0. The summed E-state index contributed by atoms with van der Waals surface area (Å²) in [5.74, 6) is -1.06. The van der Waals surface area contributed by atoms with Gasteiger partial charge in [-0.1, -0.05) is 142 Å². The standard InChI is InChI=1S/C41H80O15P2/c1-3-5-7-9-11-13-15-17-19-21-23-25-27-29-40(45)51-35-39(56-41(46)30-28-26-24-22-20-18-16-14-12-10-8-6-4-2)36-55-58(49,50)54-34-38(44)33-53-57(47,48)52-32-37(43)31-42/h14,16,37-39,42-44H,3-13,15,17-36H2,1-2H3,(H,47,48)(H,49,50)/b16-14-/t37-,38+,39+/m0/s1.